The van der Waals surface area contributed by atoms with Gasteiger partial charge in [0, 0.05) is 25.7 Å². The van der Waals surface area contributed by atoms with Crippen LogP contribution in [0.3, 0.4) is 0 Å². The molecule has 0 aliphatic heterocycles. The van der Waals surface area contributed by atoms with Crippen LogP contribution in [0.25, 0.3) is 0 Å². The Balaban J connectivity index is 2.81. The summed E-state index contributed by atoms with van der Waals surface area (Å²) in [6.07, 6.45) is 0. The largest absolute Gasteiger partial charge is 0.398 e. The highest BCUT2D eigenvalue weighted by Crippen LogP contribution is 2.09. The Morgan fingerprint density at radius 2 is 1.81 bits per heavy atom. The molecular weight excluding hydrogens is 276 g/mol. The number of rotatable bonds is 3. The number of nitrogens with two attached hydrogens (primary N) is 2. The molecule has 8 heteroatoms. The molecule has 21 heavy (non-hydrogen) atoms. The molecule has 0 aliphatic carbocycles. The summed E-state index contributed by atoms with van der Waals surface area (Å²) in [6.45, 7) is 1.03. The van der Waals surface area contributed by atoms with E-state index < -0.39 is 23.6 Å². The number of hydrogen-bond acceptors (Lipinski definition) is 6. The lowest BCUT2D eigenvalue weighted by atomic mass is 10.1. The predicted molar refractivity (Wildman–Crippen MR) is 74.8 cm³/mol. The van der Waals surface area contributed by atoms with Gasteiger partial charge in [-0.1, -0.05) is 12.1 Å². The lowest BCUT2D eigenvalue weighted by Gasteiger charge is -2.17. The van der Waals surface area contributed by atoms with Crippen molar-refractivity contribution in [1.29, 1.82) is 0 Å². The Bertz CT molecular complexity index is 585. The van der Waals surface area contributed by atoms with Crippen molar-refractivity contribution in [3.63, 3.8) is 0 Å². The van der Waals surface area contributed by atoms with E-state index in [1.165, 1.54) is 12.1 Å². The summed E-state index contributed by atoms with van der Waals surface area (Å²) in [4.78, 5) is 47.2. The zero-order valence-corrected chi connectivity index (χ0v) is 11.5. The van der Waals surface area contributed by atoms with Gasteiger partial charge >= 0.3 is 11.8 Å². The average molecular weight is 292 g/mol. The zero-order chi connectivity index (χ0) is 16.0. The minimum atomic E-state index is -1.22. The van der Waals surface area contributed by atoms with Crippen molar-refractivity contribution < 1.29 is 19.2 Å². The highest BCUT2D eigenvalue weighted by atomic mass is 16.2. The van der Waals surface area contributed by atoms with Crippen molar-refractivity contribution in [2.75, 3.05) is 18.8 Å². The van der Waals surface area contributed by atoms with Crippen molar-refractivity contribution >= 4 is 29.3 Å². The quantitative estimate of drug-likeness (QED) is 0.476. The van der Waals surface area contributed by atoms with Crippen LogP contribution in [0.5, 0.6) is 0 Å². The number of imide groups is 2. The first-order chi connectivity index (χ1) is 9.88. The van der Waals surface area contributed by atoms with E-state index >= 15 is 0 Å². The highest BCUT2D eigenvalue weighted by Gasteiger charge is 2.26. The summed E-state index contributed by atoms with van der Waals surface area (Å²) in [5.41, 5.74) is 11.1. The third-order valence-electron chi connectivity index (χ3n) is 2.60. The van der Waals surface area contributed by atoms with Crippen molar-refractivity contribution in [2.45, 2.75) is 6.92 Å². The first-order valence-corrected chi connectivity index (χ1v) is 6.10. The van der Waals surface area contributed by atoms with Crippen LogP contribution >= 0.6 is 0 Å². The second-order valence-corrected chi connectivity index (χ2v) is 4.13. The van der Waals surface area contributed by atoms with Crippen LogP contribution in [0.4, 0.5) is 5.69 Å². The van der Waals surface area contributed by atoms with Gasteiger partial charge < -0.3 is 11.5 Å². The van der Waals surface area contributed by atoms with Crippen LogP contribution in [0.1, 0.15) is 17.3 Å². The smallest absolute Gasteiger partial charge is 0.318 e. The Labute approximate surface area is 121 Å². The standard InChI is InChI=1S/C13H16N4O4/c1-8(18)17(7-6-14)13(21)12(20)16-11(19)9-4-2-3-5-10(9)15/h2-5H,6-7,14-15H2,1H3,(H,16,19,20). The van der Waals surface area contributed by atoms with Crippen LogP contribution < -0.4 is 16.8 Å². The molecule has 0 atom stereocenters. The topological polar surface area (TPSA) is 136 Å². The molecule has 0 radical (unpaired) electrons. The predicted octanol–water partition coefficient (Wildman–Crippen LogP) is -1.14. The van der Waals surface area contributed by atoms with Crippen LogP contribution in [0.2, 0.25) is 0 Å². The highest BCUT2D eigenvalue weighted by molar-refractivity contribution is 6.40. The molecule has 0 heterocycles. The Hall–Kier alpha value is -2.74. The third-order valence-corrected chi connectivity index (χ3v) is 2.60. The molecule has 5 N–H and O–H groups in total. The maximum Gasteiger partial charge on any atom is 0.318 e. The summed E-state index contributed by atoms with van der Waals surface area (Å²) >= 11 is 0. The van der Waals surface area contributed by atoms with Gasteiger partial charge in [0.25, 0.3) is 5.91 Å². The lowest BCUT2D eigenvalue weighted by Crippen LogP contribution is -2.48. The number of benzene rings is 1. The number of hydrogen-bond donors (Lipinski definition) is 3. The molecule has 0 saturated carbocycles. The molecule has 8 nitrogen and oxygen atoms in total. The van der Waals surface area contributed by atoms with E-state index in [4.69, 9.17) is 11.5 Å². The molecule has 0 spiro atoms. The van der Waals surface area contributed by atoms with Crippen molar-refractivity contribution in [3.05, 3.63) is 29.8 Å². The van der Waals surface area contributed by atoms with E-state index in [2.05, 4.69) is 0 Å². The summed E-state index contributed by atoms with van der Waals surface area (Å²) in [6, 6.07) is 6.08. The molecule has 1 aromatic carbocycles. The maximum absolute atomic E-state index is 11.8. The van der Waals surface area contributed by atoms with E-state index in [1.54, 1.807) is 12.1 Å². The number of nitrogen functional groups attached to an aromatic ring is 1. The normalized spacial score (nSPS) is 9.81. The van der Waals surface area contributed by atoms with Gasteiger partial charge in [-0.15, -0.1) is 0 Å². The Kier molecular flexibility index (Phi) is 5.56. The van der Waals surface area contributed by atoms with E-state index in [-0.39, 0.29) is 24.3 Å². The van der Waals surface area contributed by atoms with Crippen molar-refractivity contribution in [2.24, 2.45) is 5.73 Å². The second-order valence-electron chi connectivity index (χ2n) is 4.13. The van der Waals surface area contributed by atoms with Crippen LogP contribution in [-0.2, 0) is 14.4 Å². The number of para-hydroxylation sites is 1. The van der Waals surface area contributed by atoms with Crippen molar-refractivity contribution in [1.82, 2.24) is 10.2 Å². The number of carbonyl (C=O) groups is 4. The monoisotopic (exact) mass is 292 g/mol. The summed E-state index contributed by atoms with van der Waals surface area (Å²) in [7, 11) is 0. The SMILES string of the molecule is CC(=O)N(CCN)C(=O)C(=O)NC(=O)c1ccccc1N. The molecule has 4 amide bonds. The van der Waals surface area contributed by atoms with Gasteiger partial charge in [-0.25, -0.2) is 0 Å². The summed E-state index contributed by atoms with van der Waals surface area (Å²) < 4.78 is 0. The molecule has 0 bridgehead atoms. The molecule has 112 valence electrons. The van der Waals surface area contributed by atoms with Gasteiger partial charge in [-0.3, -0.25) is 29.4 Å². The third kappa shape index (κ3) is 4.11. The number of nitrogens with zero attached hydrogens (tertiary/aromatic N) is 1. The fourth-order valence-corrected chi connectivity index (χ4v) is 1.58. The number of nitrogens with one attached hydrogen (secondary N) is 1. The maximum atomic E-state index is 11.8. The van der Waals surface area contributed by atoms with Gasteiger partial charge in [-0.2, -0.15) is 0 Å². The van der Waals surface area contributed by atoms with Gasteiger partial charge in [0.15, 0.2) is 0 Å². The molecule has 1 rings (SSSR count). The fourth-order valence-electron chi connectivity index (χ4n) is 1.58. The zero-order valence-electron chi connectivity index (χ0n) is 11.5. The molecule has 0 unspecified atom stereocenters. The molecule has 0 aromatic heterocycles. The first kappa shape index (κ1) is 16.3. The van der Waals surface area contributed by atoms with Crippen LogP contribution in [0, 0.1) is 0 Å². The Morgan fingerprint density at radius 1 is 1.19 bits per heavy atom. The van der Waals surface area contributed by atoms with Crippen LogP contribution in [0.15, 0.2) is 24.3 Å². The van der Waals surface area contributed by atoms with E-state index in [0.29, 0.717) is 4.90 Å². The average Bonchev–Trinajstić information content (AvgIpc) is 2.43. The Morgan fingerprint density at radius 3 is 2.33 bits per heavy atom. The summed E-state index contributed by atoms with van der Waals surface area (Å²) in [5.74, 6) is -3.81. The first-order valence-electron chi connectivity index (χ1n) is 6.10. The lowest BCUT2D eigenvalue weighted by molar-refractivity contribution is -0.151. The minimum Gasteiger partial charge on any atom is -0.398 e. The van der Waals surface area contributed by atoms with E-state index in [1.807, 2.05) is 5.32 Å². The second kappa shape index (κ2) is 7.15. The van der Waals surface area contributed by atoms with Crippen LogP contribution in [-0.4, -0.2) is 41.6 Å². The number of anilines is 1. The summed E-state index contributed by atoms with van der Waals surface area (Å²) in [5, 5.41) is 1.89. The fraction of sp³-hybridized carbons (Fsp3) is 0.231. The van der Waals surface area contributed by atoms with Gasteiger partial charge in [-0.05, 0) is 12.1 Å². The van der Waals surface area contributed by atoms with E-state index in [9.17, 15) is 19.2 Å². The molecule has 0 fully saturated rings. The molecule has 0 aliphatic rings. The number of amides is 4. The van der Waals surface area contributed by atoms with E-state index in [0.717, 1.165) is 6.92 Å². The van der Waals surface area contributed by atoms with Gasteiger partial charge in [0.1, 0.15) is 0 Å². The van der Waals surface area contributed by atoms with Gasteiger partial charge in [0.05, 0.1) is 5.56 Å². The van der Waals surface area contributed by atoms with Gasteiger partial charge in [0.2, 0.25) is 5.91 Å². The molecular formula is C13H16N4O4. The molecule has 0 saturated heterocycles. The van der Waals surface area contributed by atoms with Crippen molar-refractivity contribution in [3.8, 4) is 0 Å². The number of carbonyl (C=O) groups excluding carboxylic acids is 4. The minimum absolute atomic E-state index is 0.0121. The molecule has 1 aromatic rings.